The maximum Gasteiger partial charge on any atom is 0.264 e. The van der Waals surface area contributed by atoms with E-state index in [0.717, 1.165) is 16.8 Å². The zero-order chi connectivity index (χ0) is 33.3. The van der Waals surface area contributed by atoms with Crippen molar-refractivity contribution in [3.05, 3.63) is 101 Å². The molecule has 1 saturated heterocycles. The number of carbonyl (C=O) groups excluding carboxylic acids is 2. The quantitative estimate of drug-likeness (QED) is 0.162. The van der Waals surface area contributed by atoms with Gasteiger partial charge in [0.25, 0.3) is 11.8 Å². The number of fused-ring (bicyclic) bond motifs is 2. The number of aliphatic hydroxyl groups is 1. The Hall–Kier alpha value is -4.39. The second kappa shape index (κ2) is 13.0. The standard InChI is InChI=1S/C35H40FN5O5Si/c1-23-32(47(3,4)36)31(16-18-40-22-27(17-19-42)38-39-40)46-35(23)29-10-5-6-11-30(29)41(34(35)44)21-24-8-7-9-26(20-24)37-33(43)25-12-14-28(45-2)15-13-25/h5-15,20,22-23,31-32,42H,16-19,21H2,1-4H3,(H,37,43)/t23-,31+,32-,35+/m1/s1. The summed E-state index contributed by atoms with van der Waals surface area (Å²) < 4.78 is 29.8. The van der Waals surface area contributed by atoms with E-state index in [-0.39, 0.29) is 25.0 Å². The van der Waals surface area contributed by atoms with Gasteiger partial charge in [0.05, 0.1) is 31.1 Å². The van der Waals surface area contributed by atoms with Crippen molar-refractivity contribution in [2.75, 3.05) is 23.9 Å². The summed E-state index contributed by atoms with van der Waals surface area (Å²) in [6.45, 7) is 6.00. The first-order chi connectivity index (χ1) is 22.5. The number of nitrogens with zero attached hydrogens (tertiary/aromatic N) is 4. The predicted molar refractivity (Wildman–Crippen MR) is 179 cm³/mol. The van der Waals surface area contributed by atoms with Gasteiger partial charge < -0.3 is 28.9 Å². The van der Waals surface area contributed by atoms with Gasteiger partial charge in [-0.05, 0) is 67.5 Å². The molecule has 12 heteroatoms. The predicted octanol–water partition coefficient (Wildman–Crippen LogP) is 5.49. The molecular formula is C35H40FN5O5Si. The summed E-state index contributed by atoms with van der Waals surface area (Å²) in [5.41, 5.74) is 2.32. The number of aliphatic hydroxyl groups excluding tert-OH is 1. The summed E-state index contributed by atoms with van der Waals surface area (Å²) in [6, 6.07) is 21.9. The number of ether oxygens (including phenoxy) is 2. The molecule has 3 heterocycles. The molecule has 0 bridgehead atoms. The first-order valence-corrected chi connectivity index (χ1v) is 18.8. The molecule has 4 atom stereocenters. The highest BCUT2D eigenvalue weighted by Crippen LogP contribution is 2.60. The average molecular weight is 658 g/mol. The average Bonchev–Trinajstić information content (AvgIpc) is 3.70. The molecule has 0 unspecified atom stereocenters. The van der Waals surface area contributed by atoms with Gasteiger partial charge in [-0.25, -0.2) is 0 Å². The minimum absolute atomic E-state index is 0.0190. The molecule has 2 aliphatic heterocycles. The van der Waals surface area contributed by atoms with Crippen LogP contribution in [0.25, 0.3) is 0 Å². The Morgan fingerprint density at radius 3 is 2.62 bits per heavy atom. The van der Waals surface area contributed by atoms with Crippen LogP contribution < -0.4 is 15.0 Å². The van der Waals surface area contributed by atoms with Crippen LogP contribution >= 0.6 is 0 Å². The Bertz CT molecular complexity index is 1760. The third-order valence-electron chi connectivity index (χ3n) is 9.34. The van der Waals surface area contributed by atoms with Crippen molar-refractivity contribution in [3.63, 3.8) is 0 Å². The topological polar surface area (TPSA) is 119 Å². The molecule has 0 radical (unpaired) electrons. The van der Waals surface area contributed by atoms with Crippen LogP contribution in [0, 0.1) is 5.92 Å². The number of para-hydroxylation sites is 1. The van der Waals surface area contributed by atoms with Gasteiger partial charge in [0.15, 0.2) is 5.60 Å². The molecule has 2 aliphatic rings. The van der Waals surface area contributed by atoms with Gasteiger partial charge in [-0.1, -0.05) is 42.5 Å². The normalized spacial score (nSPS) is 22.1. The Labute approximate surface area is 274 Å². The highest BCUT2D eigenvalue weighted by Gasteiger charge is 2.66. The van der Waals surface area contributed by atoms with Crippen LogP contribution in [0.5, 0.6) is 5.75 Å². The van der Waals surface area contributed by atoms with Crippen LogP contribution in [0.15, 0.2) is 79.0 Å². The molecule has 10 nitrogen and oxygen atoms in total. The molecule has 1 spiro atoms. The molecule has 6 rings (SSSR count). The van der Waals surface area contributed by atoms with Crippen LogP contribution in [-0.4, -0.2) is 60.1 Å². The van der Waals surface area contributed by atoms with Crippen molar-refractivity contribution in [3.8, 4) is 5.75 Å². The number of nitrogens with one attached hydrogen (secondary N) is 1. The van der Waals surface area contributed by atoms with Crippen LogP contribution in [-0.2, 0) is 34.6 Å². The van der Waals surface area contributed by atoms with Crippen molar-refractivity contribution in [1.82, 2.24) is 15.0 Å². The number of methoxy groups -OCH3 is 1. The second-order valence-corrected chi connectivity index (χ2v) is 16.6. The van der Waals surface area contributed by atoms with E-state index in [9.17, 15) is 14.7 Å². The molecule has 47 heavy (non-hydrogen) atoms. The van der Waals surface area contributed by atoms with Crippen molar-refractivity contribution in [2.24, 2.45) is 5.92 Å². The fourth-order valence-corrected chi connectivity index (χ4v) is 9.78. The third-order valence-corrected chi connectivity index (χ3v) is 11.8. The SMILES string of the molecule is COc1ccc(C(=O)Nc2cccc(CN3C(=O)[C@@]4(O[C@@H](CCn5cc(CCO)nn5)[C@H]([Si](C)(C)F)[C@H]4C)c4ccccc43)c2)cc1. The molecule has 2 N–H and O–H groups in total. The molecule has 0 aliphatic carbocycles. The highest BCUT2D eigenvalue weighted by atomic mass is 28.4. The van der Waals surface area contributed by atoms with Crippen molar-refractivity contribution < 1.29 is 28.3 Å². The fraction of sp³-hybridized carbons (Fsp3) is 0.371. The minimum atomic E-state index is -3.31. The number of carbonyl (C=O) groups is 2. The van der Waals surface area contributed by atoms with E-state index in [1.54, 1.807) is 66.3 Å². The van der Waals surface area contributed by atoms with E-state index in [0.29, 0.717) is 42.1 Å². The zero-order valence-corrected chi connectivity index (χ0v) is 28.0. The summed E-state index contributed by atoms with van der Waals surface area (Å²) in [7, 11) is -1.74. The molecule has 4 aromatic rings. The Morgan fingerprint density at radius 1 is 1.13 bits per heavy atom. The van der Waals surface area contributed by atoms with Crippen LogP contribution in [0.1, 0.15) is 40.5 Å². The highest BCUT2D eigenvalue weighted by molar-refractivity contribution is 6.72. The van der Waals surface area contributed by atoms with Crippen LogP contribution in [0.2, 0.25) is 18.6 Å². The summed E-state index contributed by atoms with van der Waals surface area (Å²) in [4.78, 5) is 29.3. The monoisotopic (exact) mass is 657 g/mol. The number of anilines is 2. The number of amides is 2. The van der Waals surface area contributed by atoms with E-state index < -0.39 is 31.6 Å². The smallest absolute Gasteiger partial charge is 0.264 e. The molecule has 1 fully saturated rings. The number of halogens is 1. The second-order valence-electron chi connectivity index (χ2n) is 12.8. The van der Waals surface area contributed by atoms with E-state index in [1.165, 1.54) is 0 Å². The number of benzene rings is 3. The van der Waals surface area contributed by atoms with Gasteiger partial charge in [0.2, 0.25) is 8.41 Å². The zero-order valence-electron chi connectivity index (χ0n) is 27.0. The van der Waals surface area contributed by atoms with Crippen molar-refractivity contribution in [1.29, 1.82) is 0 Å². The lowest BCUT2D eigenvalue weighted by Gasteiger charge is -2.31. The maximum atomic E-state index is 16.1. The van der Waals surface area contributed by atoms with Crippen LogP contribution in [0.3, 0.4) is 0 Å². The summed E-state index contributed by atoms with van der Waals surface area (Å²) in [6.07, 6.45) is 2.15. The first-order valence-electron chi connectivity index (χ1n) is 15.9. The third kappa shape index (κ3) is 6.20. The molecule has 1 aromatic heterocycles. The molecular weight excluding hydrogens is 617 g/mol. The minimum Gasteiger partial charge on any atom is -0.497 e. The Balaban J connectivity index is 1.25. The van der Waals surface area contributed by atoms with Gasteiger partial charge in [0, 0.05) is 54.0 Å². The lowest BCUT2D eigenvalue weighted by molar-refractivity contribution is -0.146. The largest absolute Gasteiger partial charge is 0.497 e. The number of hydrogen-bond acceptors (Lipinski definition) is 7. The number of aryl methyl sites for hydroxylation is 1. The van der Waals surface area contributed by atoms with Gasteiger partial charge in [-0.15, -0.1) is 5.10 Å². The van der Waals surface area contributed by atoms with Gasteiger partial charge >= 0.3 is 0 Å². The molecule has 246 valence electrons. The number of rotatable bonds is 11. The number of aromatic nitrogens is 3. The lowest BCUT2D eigenvalue weighted by Crippen LogP contribution is -2.45. The molecule has 3 aromatic carbocycles. The Kier molecular flexibility index (Phi) is 9.01. The van der Waals surface area contributed by atoms with E-state index in [2.05, 4.69) is 15.6 Å². The fourth-order valence-electron chi connectivity index (χ4n) is 7.24. The van der Waals surface area contributed by atoms with Gasteiger partial charge in [0.1, 0.15) is 5.75 Å². The van der Waals surface area contributed by atoms with Gasteiger partial charge in [-0.3, -0.25) is 14.3 Å². The summed E-state index contributed by atoms with van der Waals surface area (Å²) in [5, 5.41) is 20.4. The van der Waals surface area contributed by atoms with Crippen molar-refractivity contribution in [2.45, 2.75) is 63.2 Å². The Morgan fingerprint density at radius 2 is 1.89 bits per heavy atom. The van der Waals surface area contributed by atoms with Crippen molar-refractivity contribution >= 4 is 31.6 Å². The van der Waals surface area contributed by atoms with E-state index in [4.69, 9.17) is 9.47 Å². The van der Waals surface area contributed by atoms with Gasteiger partial charge in [-0.2, -0.15) is 0 Å². The van der Waals surface area contributed by atoms with Crippen LogP contribution in [0.4, 0.5) is 15.5 Å². The van der Waals surface area contributed by atoms with E-state index in [1.807, 2.05) is 49.4 Å². The lowest BCUT2D eigenvalue weighted by atomic mass is 9.82. The molecule has 2 amide bonds. The molecule has 0 saturated carbocycles. The summed E-state index contributed by atoms with van der Waals surface area (Å²) in [5.74, 6) is -0.218. The van der Waals surface area contributed by atoms with E-state index >= 15 is 4.11 Å². The maximum absolute atomic E-state index is 16.1. The summed E-state index contributed by atoms with van der Waals surface area (Å²) >= 11 is 0. The first kappa shape index (κ1) is 32.5. The number of hydrogen-bond donors (Lipinski definition) is 2.